The number of imidazole rings is 1. The van der Waals surface area contributed by atoms with Crippen LogP contribution < -0.4 is 4.74 Å². The highest BCUT2D eigenvalue weighted by molar-refractivity contribution is 5.41. The van der Waals surface area contributed by atoms with E-state index < -0.39 is 0 Å². The smallest absolute Gasteiger partial charge is 0.123 e. The summed E-state index contributed by atoms with van der Waals surface area (Å²) >= 11 is 0. The van der Waals surface area contributed by atoms with Gasteiger partial charge in [-0.2, -0.15) is 0 Å². The van der Waals surface area contributed by atoms with Crippen molar-refractivity contribution in [2.75, 3.05) is 0 Å². The molecule has 3 rings (SSSR count). The molecule has 1 aliphatic heterocycles. The average Bonchev–Trinajstić information content (AvgIpc) is 2.81. The Morgan fingerprint density at radius 2 is 2.25 bits per heavy atom. The van der Waals surface area contributed by atoms with Crippen LogP contribution in [0.1, 0.15) is 30.7 Å². The zero-order chi connectivity index (χ0) is 11.0. The third kappa shape index (κ3) is 1.48. The van der Waals surface area contributed by atoms with E-state index >= 15 is 0 Å². The highest BCUT2D eigenvalue weighted by atomic mass is 16.5. The van der Waals surface area contributed by atoms with Gasteiger partial charge in [-0.1, -0.05) is 18.2 Å². The Kier molecular flexibility index (Phi) is 2.17. The normalized spacial score (nSPS) is 23.6. The molecule has 1 N–H and O–H groups in total. The van der Waals surface area contributed by atoms with Gasteiger partial charge in [0, 0.05) is 23.9 Å². The number of para-hydroxylation sites is 1. The first-order chi connectivity index (χ1) is 7.84. The molecule has 0 radical (unpaired) electrons. The molecule has 0 saturated carbocycles. The quantitative estimate of drug-likeness (QED) is 0.792. The molecule has 0 bridgehead atoms. The highest BCUT2D eigenvalue weighted by Gasteiger charge is 2.28. The van der Waals surface area contributed by atoms with Gasteiger partial charge in [0.15, 0.2) is 0 Å². The number of hydrogen-bond donors (Lipinski definition) is 1. The maximum absolute atomic E-state index is 5.82. The lowest BCUT2D eigenvalue weighted by atomic mass is 9.89. The maximum atomic E-state index is 5.82. The van der Waals surface area contributed by atoms with E-state index in [4.69, 9.17) is 4.74 Å². The van der Waals surface area contributed by atoms with Gasteiger partial charge >= 0.3 is 0 Å². The first-order valence-electron chi connectivity index (χ1n) is 5.59. The molecular weight excluding hydrogens is 200 g/mol. The van der Waals surface area contributed by atoms with E-state index in [1.165, 1.54) is 5.56 Å². The maximum Gasteiger partial charge on any atom is 0.123 e. The summed E-state index contributed by atoms with van der Waals surface area (Å²) in [6.45, 7) is 2.10. The molecule has 0 saturated heterocycles. The number of benzene rings is 1. The third-order valence-corrected chi connectivity index (χ3v) is 3.04. The van der Waals surface area contributed by atoms with Gasteiger partial charge in [0.05, 0.1) is 6.10 Å². The molecule has 0 aliphatic carbocycles. The van der Waals surface area contributed by atoms with Crippen LogP contribution in [0.15, 0.2) is 36.7 Å². The SMILES string of the molecule is C[C@@H]1C[C@H](c2ncc[nH]2)c2ccccc2O1. The number of nitrogens with zero attached hydrogens (tertiary/aromatic N) is 1. The van der Waals surface area contributed by atoms with Crippen molar-refractivity contribution in [2.45, 2.75) is 25.4 Å². The van der Waals surface area contributed by atoms with E-state index in [2.05, 4.69) is 23.0 Å². The summed E-state index contributed by atoms with van der Waals surface area (Å²) < 4.78 is 5.82. The zero-order valence-electron chi connectivity index (χ0n) is 9.18. The van der Waals surface area contributed by atoms with E-state index in [9.17, 15) is 0 Å². The fourth-order valence-electron chi connectivity index (χ4n) is 2.33. The Morgan fingerprint density at radius 3 is 3.06 bits per heavy atom. The lowest BCUT2D eigenvalue weighted by Crippen LogP contribution is -2.23. The molecular formula is C13H14N2O. The van der Waals surface area contributed by atoms with E-state index in [0.29, 0.717) is 5.92 Å². The Morgan fingerprint density at radius 1 is 1.38 bits per heavy atom. The Labute approximate surface area is 94.5 Å². The molecule has 82 valence electrons. The molecule has 0 spiro atoms. The minimum atomic E-state index is 0.241. The van der Waals surface area contributed by atoms with Crippen LogP contribution in [0.4, 0.5) is 0 Å². The standard InChI is InChI=1S/C13H14N2O/c1-9-8-11(13-14-6-7-15-13)10-4-2-3-5-12(10)16-9/h2-7,9,11H,8H2,1H3,(H,14,15)/t9-,11+/m1/s1. The molecule has 1 aliphatic rings. The van der Waals surface area contributed by atoms with Crippen LogP contribution in [0.3, 0.4) is 0 Å². The number of fused-ring (bicyclic) bond motifs is 1. The number of rotatable bonds is 1. The number of aromatic amines is 1. The molecule has 2 aromatic rings. The van der Waals surface area contributed by atoms with Crippen molar-refractivity contribution in [2.24, 2.45) is 0 Å². The van der Waals surface area contributed by atoms with Gasteiger partial charge in [-0.15, -0.1) is 0 Å². The Balaban J connectivity index is 2.07. The highest BCUT2D eigenvalue weighted by Crippen LogP contribution is 2.38. The second-order valence-electron chi connectivity index (χ2n) is 4.23. The summed E-state index contributed by atoms with van der Waals surface area (Å²) in [6, 6.07) is 8.21. The first kappa shape index (κ1) is 9.46. The summed E-state index contributed by atoms with van der Waals surface area (Å²) in [5.41, 5.74) is 1.23. The van der Waals surface area contributed by atoms with Gasteiger partial charge < -0.3 is 9.72 Å². The van der Waals surface area contributed by atoms with Gasteiger partial charge in [-0.3, -0.25) is 0 Å². The number of H-pyrrole nitrogens is 1. The fraction of sp³-hybridized carbons (Fsp3) is 0.308. The minimum absolute atomic E-state index is 0.241. The molecule has 2 heterocycles. The van der Waals surface area contributed by atoms with Crippen molar-refractivity contribution in [1.82, 2.24) is 9.97 Å². The van der Waals surface area contributed by atoms with Crippen LogP contribution in [-0.2, 0) is 0 Å². The van der Waals surface area contributed by atoms with Crippen molar-refractivity contribution in [3.05, 3.63) is 48.0 Å². The molecule has 0 amide bonds. The predicted octanol–water partition coefficient (Wildman–Crippen LogP) is 2.71. The number of hydrogen-bond acceptors (Lipinski definition) is 2. The van der Waals surface area contributed by atoms with Crippen molar-refractivity contribution >= 4 is 0 Å². The lowest BCUT2D eigenvalue weighted by molar-refractivity contribution is 0.181. The summed E-state index contributed by atoms with van der Waals surface area (Å²) in [4.78, 5) is 7.56. The summed E-state index contributed by atoms with van der Waals surface area (Å²) in [7, 11) is 0. The van der Waals surface area contributed by atoms with E-state index in [1.54, 1.807) is 6.20 Å². The largest absolute Gasteiger partial charge is 0.490 e. The van der Waals surface area contributed by atoms with Crippen molar-refractivity contribution in [1.29, 1.82) is 0 Å². The topological polar surface area (TPSA) is 37.9 Å². The summed E-state index contributed by atoms with van der Waals surface area (Å²) in [6.07, 6.45) is 4.89. The van der Waals surface area contributed by atoms with Crippen molar-refractivity contribution in [3.63, 3.8) is 0 Å². The number of nitrogens with one attached hydrogen (secondary N) is 1. The van der Waals surface area contributed by atoms with Gasteiger partial charge in [0.1, 0.15) is 11.6 Å². The minimum Gasteiger partial charge on any atom is -0.490 e. The molecule has 1 aromatic heterocycles. The van der Waals surface area contributed by atoms with Crippen LogP contribution in [-0.4, -0.2) is 16.1 Å². The second-order valence-corrected chi connectivity index (χ2v) is 4.23. The van der Waals surface area contributed by atoms with E-state index in [0.717, 1.165) is 18.0 Å². The van der Waals surface area contributed by atoms with Crippen LogP contribution in [0.5, 0.6) is 5.75 Å². The summed E-state index contributed by atoms with van der Waals surface area (Å²) in [5, 5.41) is 0. The van der Waals surface area contributed by atoms with Crippen LogP contribution in [0, 0.1) is 0 Å². The van der Waals surface area contributed by atoms with Gasteiger partial charge in [-0.25, -0.2) is 4.98 Å². The van der Waals surface area contributed by atoms with Gasteiger partial charge in [0.2, 0.25) is 0 Å². The van der Waals surface area contributed by atoms with Gasteiger partial charge in [0.25, 0.3) is 0 Å². The van der Waals surface area contributed by atoms with Crippen LogP contribution in [0.25, 0.3) is 0 Å². The van der Waals surface area contributed by atoms with Crippen molar-refractivity contribution < 1.29 is 4.74 Å². The third-order valence-electron chi connectivity index (χ3n) is 3.04. The van der Waals surface area contributed by atoms with E-state index in [1.807, 2.05) is 24.4 Å². The summed E-state index contributed by atoms with van der Waals surface area (Å²) in [5.74, 6) is 2.35. The van der Waals surface area contributed by atoms with Crippen LogP contribution >= 0.6 is 0 Å². The number of ether oxygens (including phenoxy) is 1. The van der Waals surface area contributed by atoms with E-state index in [-0.39, 0.29) is 6.10 Å². The zero-order valence-corrected chi connectivity index (χ0v) is 9.18. The fourth-order valence-corrected chi connectivity index (χ4v) is 2.33. The molecule has 3 nitrogen and oxygen atoms in total. The first-order valence-corrected chi connectivity index (χ1v) is 5.59. The average molecular weight is 214 g/mol. The monoisotopic (exact) mass is 214 g/mol. The molecule has 16 heavy (non-hydrogen) atoms. The molecule has 0 unspecified atom stereocenters. The molecule has 3 heteroatoms. The van der Waals surface area contributed by atoms with Crippen molar-refractivity contribution in [3.8, 4) is 5.75 Å². The Hall–Kier alpha value is -1.77. The molecule has 0 fully saturated rings. The molecule has 1 aromatic carbocycles. The second kappa shape index (κ2) is 3.67. The molecule has 2 atom stereocenters. The lowest BCUT2D eigenvalue weighted by Gasteiger charge is -2.29. The van der Waals surface area contributed by atoms with Gasteiger partial charge in [-0.05, 0) is 19.4 Å². The number of aromatic nitrogens is 2. The van der Waals surface area contributed by atoms with Crippen LogP contribution in [0.2, 0.25) is 0 Å². The Bertz CT molecular complexity index is 478. The predicted molar refractivity (Wildman–Crippen MR) is 61.6 cm³/mol.